The van der Waals surface area contributed by atoms with E-state index in [0.29, 0.717) is 6.54 Å². The summed E-state index contributed by atoms with van der Waals surface area (Å²) in [5.74, 6) is -0.680. The Kier molecular flexibility index (Phi) is 4.92. The van der Waals surface area contributed by atoms with Gasteiger partial charge >= 0.3 is 5.97 Å². The monoisotopic (exact) mass is 265 g/mol. The third-order valence-corrected chi connectivity index (χ3v) is 2.87. The highest BCUT2D eigenvalue weighted by Gasteiger charge is 2.14. The molecule has 1 amide bonds. The van der Waals surface area contributed by atoms with Crippen LogP contribution >= 0.6 is 0 Å². The van der Waals surface area contributed by atoms with Crippen molar-refractivity contribution >= 4 is 11.9 Å². The normalized spacial score (nSPS) is 10.1. The molecule has 0 aliphatic rings. The number of carboxylic acid groups (broad SMARTS) is 1. The second-order valence-corrected chi connectivity index (χ2v) is 4.58. The van der Waals surface area contributed by atoms with Gasteiger partial charge in [0.15, 0.2) is 0 Å². The highest BCUT2D eigenvalue weighted by molar-refractivity contribution is 5.93. The lowest BCUT2D eigenvalue weighted by atomic mass is 10.1. The number of amides is 1. The van der Waals surface area contributed by atoms with Crippen LogP contribution in [-0.2, 0) is 16.1 Å². The summed E-state index contributed by atoms with van der Waals surface area (Å²) < 4.78 is 5.28. The molecule has 0 bridgehead atoms. The molecule has 0 fully saturated rings. The van der Waals surface area contributed by atoms with Gasteiger partial charge in [0.1, 0.15) is 12.2 Å². The first kappa shape index (κ1) is 15.0. The molecule has 0 heterocycles. The van der Waals surface area contributed by atoms with Gasteiger partial charge in [0, 0.05) is 13.6 Å². The summed E-state index contributed by atoms with van der Waals surface area (Å²) in [6, 6.07) is 3.88. The summed E-state index contributed by atoms with van der Waals surface area (Å²) in [6.45, 7) is 4.26. The van der Waals surface area contributed by atoms with Crippen LogP contribution in [-0.4, -0.2) is 36.0 Å². The first-order valence-electron chi connectivity index (χ1n) is 5.95. The van der Waals surface area contributed by atoms with E-state index in [4.69, 9.17) is 9.84 Å². The molecule has 0 aliphatic heterocycles. The number of rotatable bonds is 5. The van der Waals surface area contributed by atoms with Gasteiger partial charge in [0.25, 0.3) is 0 Å². The molecule has 0 spiro atoms. The molecule has 0 aromatic heterocycles. The van der Waals surface area contributed by atoms with E-state index < -0.39 is 18.3 Å². The number of hydrogen-bond acceptors (Lipinski definition) is 3. The molecular formula is C14H19NO4. The fourth-order valence-corrected chi connectivity index (χ4v) is 2.08. The zero-order chi connectivity index (χ0) is 14.6. The molecule has 19 heavy (non-hydrogen) atoms. The number of aryl methyl sites for hydroxylation is 2. The minimum absolute atomic E-state index is 0.387. The average molecular weight is 265 g/mol. The van der Waals surface area contributed by atoms with Crippen LogP contribution in [0.4, 0.5) is 0 Å². The Bertz CT molecular complexity index is 473. The van der Waals surface area contributed by atoms with Crippen molar-refractivity contribution in [2.75, 3.05) is 14.2 Å². The molecule has 0 saturated heterocycles. The number of hydrogen-bond donors (Lipinski definition) is 1. The molecule has 5 heteroatoms. The number of carbonyl (C=O) groups excluding carboxylic acids is 1. The smallest absolute Gasteiger partial charge is 0.312 e. The molecule has 1 rings (SSSR count). The van der Waals surface area contributed by atoms with Gasteiger partial charge in [0.2, 0.25) is 5.91 Å². The zero-order valence-electron chi connectivity index (χ0n) is 11.7. The SMILES string of the molecule is COc1c(C)cc(CN(C)C(=O)CC(=O)O)cc1C. The van der Waals surface area contributed by atoms with E-state index in [-0.39, 0.29) is 0 Å². The van der Waals surface area contributed by atoms with E-state index in [9.17, 15) is 9.59 Å². The fourth-order valence-electron chi connectivity index (χ4n) is 2.08. The maximum Gasteiger partial charge on any atom is 0.312 e. The van der Waals surface area contributed by atoms with Crippen LogP contribution < -0.4 is 4.74 Å². The van der Waals surface area contributed by atoms with Gasteiger partial charge in [-0.1, -0.05) is 12.1 Å². The lowest BCUT2D eigenvalue weighted by molar-refractivity contribution is -0.143. The second-order valence-electron chi connectivity index (χ2n) is 4.58. The predicted molar refractivity (Wildman–Crippen MR) is 71.2 cm³/mol. The standard InChI is InChI=1S/C14H19NO4/c1-9-5-11(6-10(2)14(9)19-4)8-15(3)12(16)7-13(17)18/h5-6H,7-8H2,1-4H3,(H,17,18). The number of methoxy groups -OCH3 is 1. The average Bonchev–Trinajstić information content (AvgIpc) is 2.27. The summed E-state index contributed by atoms with van der Waals surface area (Å²) in [7, 11) is 3.22. The fraction of sp³-hybridized carbons (Fsp3) is 0.429. The van der Waals surface area contributed by atoms with Crippen molar-refractivity contribution in [2.24, 2.45) is 0 Å². The van der Waals surface area contributed by atoms with Crippen molar-refractivity contribution < 1.29 is 19.4 Å². The van der Waals surface area contributed by atoms with Gasteiger partial charge in [-0.15, -0.1) is 0 Å². The predicted octanol–water partition coefficient (Wildman–Crippen LogP) is 1.75. The van der Waals surface area contributed by atoms with E-state index in [2.05, 4.69) is 0 Å². The van der Waals surface area contributed by atoms with Gasteiger partial charge < -0.3 is 14.7 Å². The Hall–Kier alpha value is -2.04. The highest BCUT2D eigenvalue weighted by Crippen LogP contribution is 2.24. The van der Waals surface area contributed by atoms with Crippen molar-refractivity contribution in [1.29, 1.82) is 0 Å². The largest absolute Gasteiger partial charge is 0.496 e. The van der Waals surface area contributed by atoms with Crippen LogP contribution in [0, 0.1) is 13.8 Å². The Balaban J connectivity index is 2.83. The van der Waals surface area contributed by atoms with Gasteiger partial charge in [-0.2, -0.15) is 0 Å². The van der Waals surface area contributed by atoms with Crippen molar-refractivity contribution in [3.8, 4) is 5.75 Å². The van der Waals surface area contributed by atoms with E-state index in [1.165, 1.54) is 4.90 Å². The molecular weight excluding hydrogens is 246 g/mol. The number of benzene rings is 1. The van der Waals surface area contributed by atoms with Gasteiger partial charge in [-0.05, 0) is 30.5 Å². The van der Waals surface area contributed by atoms with E-state index in [1.807, 2.05) is 26.0 Å². The molecule has 1 N–H and O–H groups in total. The highest BCUT2D eigenvalue weighted by atomic mass is 16.5. The zero-order valence-corrected chi connectivity index (χ0v) is 11.7. The van der Waals surface area contributed by atoms with E-state index in [1.54, 1.807) is 14.2 Å². The van der Waals surface area contributed by atoms with Gasteiger partial charge in [-0.25, -0.2) is 0 Å². The Morgan fingerprint density at radius 1 is 1.26 bits per heavy atom. The van der Waals surface area contributed by atoms with Gasteiger partial charge in [0.05, 0.1) is 7.11 Å². The summed E-state index contributed by atoms with van der Waals surface area (Å²) in [5.41, 5.74) is 2.95. The molecule has 0 unspecified atom stereocenters. The first-order valence-corrected chi connectivity index (χ1v) is 5.95. The van der Waals surface area contributed by atoms with Crippen LogP contribution in [0.15, 0.2) is 12.1 Å². The third-order valence-electron chi connectivity index (χ3n) is 2.87. The van der Waals surface area contributed by atoms with E-state index >= 15 is 0 Å². The molecule has 1 aromatic rings. The molecule has 0 saturated carbocycles. The Morgan fingerprint density at radius 3 is 2.21 bits per heavy atom. The van der Waals surface area contributed by atoms with Crippen molar-refractivity contribution in [3.05, 3.63) is 28.8 Å². The van der Waals surface area contributed by atoms with E-state index in [0.717, 1.165) is 22.4 Å². The van der Waals surface area contributed by atoms with Crippen molar-refractivity contribution in [2.45, 2.75) is 26.8 Å². The number of carbonyl (C=O) groups is 2. The number of ether oxygens (including phenoxy) is 1. The van der Waals surface area contributed by atoms with Crippen LogP contribution in [0.1, 0.15) is 23.1 Å². The molecule has 5 nitrogen and oxygen atoms in total. The molecule has 0 aliphatic carbocycles. The first-order chi connectivity index (χ1) is 8.85. The summed E-state index contributed by atoms with van der Waals surface area (Å²) in [6.07, 6.45) is -0.482. The topological polar surface area (TPSA) is 66.8 Å². The molecule has 104 valence electrons. The maximum absolute atomic E-state index is 11.6. The summed E-state index contributed by atoms with van der Waals surface area (Å²) in [5, 5.41) is 8.59. The minimum Gasteiger partial charge on any atom is -0.496 e. The number of nitrogens with zero attached hydrogens (tertiary/aromatic N) is 1. The third kappa shape index (κ3) is 3.98. The molecule has 1 aromatic carbocycles. The summed E-state index contributed by atoms with van der Waals surface area (Å²) >= 11 is 0. The van der Waals surface area contributed by atoms with Crippen molar-refractivity contribution in [1.82, 2.24) is 4.90 Å². The van der Waals surface area contributed by atoms with Gasteiger partial charge in [-0.3, -0.25) is 9.59 Å². The molecule has 0 radical (unpaired) electrons. The van der Waals surface area contributed by atoms with Crippen LogP contribution in [0.2, 0.25) is 0 Å². The summed E-state index contributed by atoms with van der Waals surface area (Å²) in [4.78, 5) is 23.5. The second kappa shape index (κ2) is 6.22. The lowest BCUT2D eigenvalue weighted by Crippen LogP contribution is -2.28. The molecule has 0 atom stereocenters. The van der Waals surface area contributed by atoms with Crippen molar-refractivity contribution in [3.63, 3.8) is 0 Å². The quantitative estimate of drug-likeness (QED) is 0.824. The maximum atomic E-state index is 11.6. The Labute approximate surface area is 112 Å². The Morgan fingerprint density at radius 2 is 1.79 bits per heavy atom. The van der Waals surface area contributed by atoms with Crippen LogP contribution in [0.25, 0.3) is 0 Å². The minimum atomic E-state index is -1.11. The lowest BCUT2D eigenvalue weighted by Gasteiger charge is -2.18. The number of aliphatic carboxylic acids is 1. The van der Waals surface area contributed by atoms with Crippen LogP contribution in [0.3, 0.4) is 0 Å². The van der Waals surface area contributed by atoms with Crippen LogP contribution in [0.5, 0.6) is 5.75 Å². The number of carboxylic acids is 1.